The van der Waals surface area contributed by atoms with E-state index in [2.05, 4.69) is 191 Å². The Kier molecular flexibility index (Phi) is 16.1. The average Bonchev–Trinajstić information content (AvgIpc) is 1.52. The lowest BCUT2D eigenvalue weighted by Crippen LogP contribution is -2.34. The van der Waals surface area contributed by atoms with Gasteiger partial charge in [0.1, 0.15) is 22.3 Å². The van der Waals surface area contributed by atoms with Gasteiger partial charge in [0.2, 0.25) is 5.28 Å². The van der Waals surface area contributed by atoms with Crippen LogP contribution in [-0.4, -0.2) is 47.1 Å². The van der Waals surface area contributed by atoms with Crippen molar-refractivity contribution in [2.75, 3.05) is 0 Å². The number of aromatic nitrogens is 6. The van der Waals surface area contributed by atoms with Gasteiger partial charge in [0.05, 0.1) is 10.8 Å². The molecule has 2 aliphatic carbocycles. The summed E-state index contributed by atoms with van der Waals surface area (Å²) in [4.78, 5) is 28.3. The molecule has 4 heterocycles. The van der Waals surface area contributed by atoms with E-state index >= 15 is 0 Å². The molecule has 0 bridgehead atoms. The molecule has 18 aromatic rings. The van der Waals surface area contributed by atoms with Crippen molar-refractivity contribution < 1.29 is 18.9 Å². The van der Waals surface area contributed by atoms with Crippen LogP contribution in [0.5, 0.6) is 0 Å². The summed E-state index contributed by atoms with van der Waals surface area (Å²) in [5.74, 6) is 3.01. The highest BCUT2D eigenvalue weighted by atomic mass is 35.5. The Hall–Kier alpha value is -13.0. The van der Waals surface area contributed by atoms with Gasteiger partial charge in [-0.1, -0.05) is 334 Å². The van der Waals surface area contributed by atoms with Gasteiger partial charge in [-0.25, -0.2) is 19.9 Å². The Morgan fingerprint density at radius 1 is 0.279 bits per heavy atom. The second-order valence-electron chi connectivity index (χ2n) is 25.8. The van der Waals surface area contributed by atoms with Crippen LogP contribution in [0.1, 0.15) is 44.5 Å². The van der Waals surface area contributed by atoms with Crippen LogP contribution in [0.3, 0.4) is 0 Å². The highest BCUT2D eigenvalue weighted by molar-refractivity contribution is 6.63. The van der Waals surface area contributed by atoms with Gasteiger partial charge in [0.15, 0.2) is 29.1 Å². The van der Waals surface area contributed by atoms with Gasteiger partial charge in [0.25, 0.3) is 0 Å². The molecule has 0 spiro atoms. The van der Waals surface area contributed by atoms with Crippen LogP contribution in [0.2, 0.25) is 5.28 Å². The van der Waals surface area contributed by atoms with Crippen LogP contribution in [0.25, 0.3) is 123 Å². The van der Waals surface area contributed by atoms with Crippen molar-refractivity contribution in [3.8, 4) is 79.2 Å². The van der Waals surface area contributed by atoms with Crippen LogP contribution in [0.4, 0.5) is 0 Å². The van der Waals surface area contributed by atoms with E-state index in [0.717, 1.165) is 116 Å². The molecule has 2 N–H and O–H groups in total. The molecule has 0 saturated carbocycles. The number of rotatable bonds is 10. The summed E-state index contributed by atoms with van der Waals surface area (Å²) in [6.07, 6.45) is 0. The molecule has 104 heavy (non-hydrogen) atoms. The normalized spacial score (nSPS) is 12.7. The summed E-state index contributed by atoms with van der Waals surface area (Å²) in [5, 5.41) is 25.0. The fourth-order valence-electron chi connectivity index (χ4n) is 15.7. The van der Waals surface area contributed by atoms with Gasteiger partial charge in [-0.3, -0.25) is 0 Å². The van der Waals surface area contributed by atoms with Gasteiger partial charge in [0, 0.05) is 60.5 Å². The first-order chi connectivity index (χ1) is 51.3. The summed E-state index contributed by atoms with van der Waals surface area (Å²) in [5.41, 5.74) is 20.4. The first-order valence-corrected chi connectivity index (χ1v) is 34.9. The number of para-hydroxylation sites is 2. The Labute approximate surface area is 604 Å². The lowest BCUT2D eigenvalue weighted by atomic mass is 9.66. The molecule has 0 unspecified atom stereocenters. The molecule has 0 saturated heterocycles. The molecule has 2 aliphatic rings. The zero-order chi connectivity index (χ0) is 69.7. The molecule has 0 atom stereocenters. The predicted octanol–water partition coefficient (Wildman–Crippen LogP) is 20.6. The van der Waals surface area contributed by atoms with Crippen molar-refractivity contribution in [3.63, 3.8) is 0 Å². The Balaban J connectivity index is 0.000000123. The first-order valence-electron chi connectivity index (χ1n) is 34.5. The molecule has 14 aromatic carbocycles. The van der Waals surface area contributed by atoms with E-state index in [4.69, 9.17) is 35.4 Å². The Bertz CT molecular complexity index is 6020. The number of hydrogen-bond acceptors (Lipinski definition) is 10. The summed E-state index contributed by atoms with van der Waals surface area (Å²) < 4.78 is 13.4. The summed E-state index contributed by atoms with van der Waals surface area (Å²) in [6, 6.07) is 120. The fraction of sp³-hybridized carbons (Fsp3) is 0.0217. The molecule has 0 radical (unpaired) electrons. The number of furan rings is 2. The second-order valence-corrected chi connectivity index (χ2v) is 26.1. The average molecular weight is 1360 g/mol. The predicted molar refractivity (Wildman–Crippen MR) is 417 cm³/mol. The third kappa shape index (κ3) is 10.6. The molecule has 12 heteroatoms. The third-order valence-electron chi connectivity index (χ3n) is 20.1. The molecular weight excluding hydrogens is 1300 g/mol. The third-order valence-corrected chi connectivity index (χ3v) is 20.2. The highest BCUT2D eigenvalue weighted by Crippen LogP contribution is 2.61. The molecular formula is C92H60BClN6O4. The maximum absolute atomic E-state index is 10.6. The maximum Gasteiger partial charge on any atom is 0.489 e. The number of halogens is 1. The van der Waals surface area contributed by atoms with Crippen LogP contribution < -0.4 is 5.46 Å². The number of hydrogen-bond donors (Lipinski definition) is 2. The number of benzene rings is 14. The minimum atomic E-state index is -1.64. The smallest absolute Gasteiger partial charge is 0.455 e. The molecule has 4 aromatic heterocycles. The molecule has 10 nitrogen and oxygen atoms in total. The van der Waals surface area contributed by atoms with Gasteiger partial charge < -0.3 is 18.9 Å². The first kappa shape index (κ1) is 63.2. The zero-order valence-electron chi connectivity index (χ0n) is 55.8. The lowest BCUT2D eigenvalue weighted by Gasteiger charge is -2.34. The molecule has 20 rings (SSSR count). The fourth-order valence-corrected chi connectivity index (χ4v) is 15.9. The second kappa shape index (κ2) is 26.5. The summed E-state index contributed by atoms with van der Waals surface area (Å²) >= 11 is 5.99. The van der Waals surface area contributed by atoms with E-state index in [1.54, 1.807) is 0 Å². The SMILES string of the molecule is Clc1nc(-c2ccccc2)nc(-c2ccccc2)n1.OB(O)c1cc2c(c3oc4ccccc4c13)-c1ccccc1C2(c1ccccc1)c1ccccc1.c1ccc(-c2nc(-c3ccccc3)nc(-c3cc4c(c5oc6ccccc6c35)-c3ccccc3C4(c3ccccc3)c3ccccc3)n2)cc1. The van der Waals surface area contributed by atoms with Gasteiger partial charge in [-0.2, -0.15) is 9.97 Å². The van der Waals surface area contributed by atoms with E-state index < -0.39 is 17.9 Å². The van der Waals surface area contributed by atoms with Crippen molar-refractivity contribution >= 4 is 68.1 Å². The van der Waals surface area contributed by atoms with Crippen LogP contribution >= 0.6 is 11.6 Å². The van der Waals surface area contributed by atoms with Gasteiger partial charge in [-0.15, -0.1) is 0 Å². The summed E-state index contributed by atoms with van der Waals surface area (Å²) in [6.45, 7) is 0. The molecule has 492 valence electrons. The van der Waals surface area contributed by atoms with Gasteiger partial charge >= 0.3 is 7.12 Å². The van der Waals surface area contributed by atoms with Crippen LogP contribution in [0.15, 0.2) is 361 Å². The van der Waals surface area contributed by atoms with E-state index in [9.17, 15) is 10.0 Å². The van der Waals surface area contributed by atoms with Crippen molar-refractivity contribution in [2.24, 2.45) is 0 Å². The van der Waals surface area contributed by atoms with Crippen molar-refractivity contribution in [1.82, 2.24) is 29.9 Å². The van der Waals surface area contributed by atoms with E-state index in [1.165, 1.54) is 16.7 Å². The van der Waals surface area contributed by atoms with Crippen molar-refractivity contribution in [2.45, 2.75) is 10.8 Å². The standard InChI is InChI=1S/C46H29N3O.C31H21BO3.C15H10ClN3/c1-5-17-30(18-6-1)43-47-44(31-19-7-2-8-20-31)49-45(48-43)36-29-38-41(42-40(36)35-26-14-16-28-39(35)50-42)34-25-13-15-27-37(34)46(38,32-21-9-3-10-22-32)33-23-11-4-12-24-33;33-32(34)26-19-25-28(30-29(26)23-16-8-10-18-27(23)35-30)22-15-7-9-17-24(22)31(25,20-11-3-1-4-12-20)21-13-5-2-6-14-21;16-15-18-13(11-7-3-1-4-8-11)17-14(19-15)12-9-5-2-6-10-12/h1-29H;1-19,33-34H;1-10H. The Morgan fingerprint density at radius 3 is 0.962 bits per heavy atom. The Morgan fingerprint density at radius 2 is 0.577 bits per heavy atom. The quantitative estimate of drug-likeness (QED) is 0.127. The monoisotopic (exact) mass is 1360 g/mol. The van der Waals surface area contributed by atoms with E-state index in [0.29, 0.717) is 40.2 Å². The number of fused-ring (bicyclic) bond motifs is 14. The van der Waals surface area contributed by atoms with Crippen LogP contribution in [-0.2, 0) is 10.8 Å². The van der Waals surface area contributed by atoms with Gasteiger partial charge in [-0.05, 0) is 90.9 Å². The molecule has 0 aliphatic heterocycles. The van der Waals surface area contributed by atoms with E-state index in [1.807, 2.05) is 176 Å². The van der Waals surface area contributed by atoms with Crippen molar-refractivity contribution in [3.05, 3.63) is 402 Å². The van der Waals surface area contributed by atoms with Crippen LogP contribution in [0, 0.1) is 0 Å². The maximum atomic E-state index is 10.6. The van der Waals surface area contributed by atoms with Crippen molar-refractivity contribution in [1.29, 1.82) is 0 Å². The minimum absolute atomic E-state index is 0.202. The molecule has 0 fully saturated rings. The highest BCUT2D eigenvalue weighted by Gasteiger charge is 2.50. The largest absolute Gasteiger partial charge is 0.489 e. The lowest BCUT2D eigenvalue weighted by molar-refractivity contribution is 0.426. The minimum Gasteiger partial charge on any atom is -0.455 e. The summed E-state index contributed by atoms with van der Waals surface area (Å²) in [7, 11) is -1.64. The zero-order valence-corrected chi connectivity index (χ0v) is 56.6. The topological polar surface area (TPSA) is 144 Å². The molecule has 0 amide bonds. The van der Waals surface area contributed by atoms with E-state index in [-0.39, 0.29) is 5.28 Å². The number of nitrogens with zero attached hydrogens (tertiary/aromatic N) is 6.